The predicted molar refractivity (Wildman–Crippen MR) is 77.6 cm³/mol. The summed E-state index contributed by atoms with van der Waals surface area (Å²) in [5, 5.41) is 9.89. The number of ether oxygens (including phenoxy) is 1. The molecule has 0 saturated heterocycles. The molecule has 1 heterocycles. The number of hydrogen-bond donors (Lipinski definition) is 1. The molecule has 1 N–H and O–H groups in total. The van der Waals surface area contributed by atoms with Crippen LogP contribution in [0.5, 0.6) is 5.75 Å². The van der Waals surface area contributed by atoms with Gasteiger partial charge in [-0.3, -0.25) is 0 Å². The second kappa shape index (κ2) is 5.67. The third-order valence-electron chi connectivity index (χ3n) is 3.03. The minimum atomic E-state index is -0.0150. The van der Waals surface area contributed by atoms with Gasteiger partial charge in [0.1, 0.15) is 18.7 Å². The lowest BCUT2D eigenvalue weighted by Crippen LogP contribution is -2.03. The largest absolute Gasteiger partial charge is 0.490 e. The SMILES string of the molecule is OCCOc1ccccc1-c1ncnc2ccccc12. The van der Waals surface area contributed by atoms with Crippen LogP contribution in [0.15, 0.2) is 54.9 Å². The molecular weight excluding hydrogens is 252 g/mol. The second-order valence-corrected chi connectivity index (χ2v) is 4.31. The van der Waals surface area contributed by atoms with Gasteiger partial charge in [0.2, 0.25) is 0 Å². The molecule has 0 fully saturated rings. The minimum Gasteiger partial charge on any atom is -0.490 e. The van der Waals surface area contributed by atoms with Crippen molar-refractivity contribution in [1.82, 2.24) is 9.97 Å². The maximum Gasteiger partial charge on any atom is 0.128 e. The van der Waals surface area contributed by atoms with Crippen LogP contribution >= 0.6 is 0 Å². The number of nitrogens with zero attached hydrogens (tertiary/aromatic N) is 2. The standard InChI is InChI=1S/C16H14N2O2/c19-9-10-20-15-8-4-2-6-13(15)16-12-5-1-3-7-14(12)17-11-18-16/h1-8,11,19H,9-10H2. The highest BCUT2D eigenvalue weighted by molar-refractivity contribution is 5.93. The van der Waals surface area contributed by atoms with E-state index in [1.807, 2.05) is 48.5 Å². The Labute approximate surface area is 116 Å². The normalized spacial score (nSPS) is 10.7. The van der Waals surface area contributed by atoms with Crippen LogP contribution in [0.1, 0.15) is 0 Å². The number of fused-ring (bicyclic) bond motifs is 1. The van der Waals surface area contributed by atoms with E-state index in [1.165, 1.54) is 0 Å². The second-order valence-electron chi connectivity index (χ2n) is 4.31. The smallest absolute Gasteiger partial charge is 0.128 e. The molecule has 100 valence electrons. The summed E-state index contributed by atoms with van der Waals surface area (Å²) >= 11 is 0. The molecule has 0 aliphatic carbocycles. The fourth-order valence-electron chi connectivity index (χ4n) is 2.16. The van der Waals surface area contributed by atoms with Gasteiger partial charge < -0.3 is 9.84 Å². The maximum absolute atomic E-state index is 8.91. The summed E-state index contributed by atoms with van der Waals surface area (Å²) in [4.78, 5) is 8.66. The summed E-state index contributed by atoms with van der Waals surface area (Å²) in [5.74, 6) is 0.713. The molecule has 0 spiro atoms. The lowest BCUT2D eigenvalue weighted by atomic mass is 10.1. The third-order valence-corrected chi connectivity index (χ3v) is 3.03. The number of aromatic nitrogens is 2. The molecule has 4 heteroatoms. The lowest BCUT2D eigenvalue weighted by molar-refractivity contribution is 0.202. The van der Waals surface area contributed by atoms with E-state index in [0.29, 0.717) is 5.75 Å². The fraction of sp³-hybridized carbons (Fsp3) is 0.125. The van der Waals surface area contributed by atoms with E-state index < -0.39 is 0 Å². The number of aliphatic hydroxyl groups excluding tert-OH is 1. The van der Waals surface area contributed by atoms with Gasteiger partial charge in [-0.25, -0.2) is 9.97 Å². The summed E-state index contributed by atoms with van der Waals surface area (Å²) in [6.45, 7) is 0.249. The Bertz CT molecular complexity index is 723. The van der Waals surface area contributed by atoms with Gasteiger partial charge in [0, 0.05) is 10.9 Å². The Balaban J connectivity index is 2.16. The molecule has 3 aromatic rings. The highest BCUT2D eigenvalue weighted by Crippen LogP contribution is 2.32. The van der Waals surface area contributed by atoms with Gasteiger partial charge in [0.15, 0.2) is 0 Å². The molecule has 20 heavy (non-hydrogen) atoms. The average Bonchev–Trinajstić information content (AvgIpc) is 2.53. The Morgan fingerprint density at radius 2 is 1.75 bits per heavy atom. The lowest BCUT2D eigenvalue weighted by Gasteiger charge is -2.11. The van der Waals surface area contributed by atoms with E-state index >= 15 is 0 Å². The van der Waals surface area contributed by atoms with Gasteiger partial charge in [0.05, 0.1) is 17.8 Å². The molecule has 1 aromatic heterocycles. The molecule has 0 aliphatic heterocycles. The van der Waals surface area contributed by atoms with Crippen molar-refractivity contribution in [3.63, 3.8) is 0 Å². The molecule has 0 amide bonds. The first-order chi connectivity index (χ1) is 9.90. The van der Waals surface area contributed by atoms with E-state index in [1.54, 1.807) is 6.33 Å². The van der Waals surface area contributed by atoms with Gasteiger partial charge in [-0.05, 0) is 18.2 Å². The van der Waals surface area contributed by atoms with Crippen molar-refractivity contribution in [1.29, 1.82) is 0 Å². The molecule has 0 unspecified atom stereocenters. The Morgan fingerprint density at radius 3 is 2.65 bits per heavy atom. The fourth-order valence-corrected chi connectivity index (χ4v) is 2.16. The molecule has 0 saturated carbocycles. The van der Waals surface area contributed by atoms with Crippen molar-refractivity contribution in [2.45, 2.75) is 0 Å². The van der Waals surface area contributed by atoms with Crippen LogP contribution in [0.4, 0.5) is 0 Å². The van der Waals surface area contributed by atoms with Crippen molar-refractivity contribution in [3.8, 4) is 17.0 Å². The molecule has 0 aliphatic rings. The van der Waals surface area contributed by atoms with Crippen LogP contribution in [-0.4, -0.2) is 28.3 Å². The van der Waals surface area contributed by atoms with E-state index in [2.05, 4.69) is 9.97 Å². The highest BCUT2D eigenvalue weighted by Gasteiger charge is 2.10. The van der Waals surface area contributed by atoms with Crippen molar-refractivity contribution in [2.24, 2.45) is 0 Å². The molecule has 2 aromatic carbocycles. The number of hydrogen-bond acceptors (Lipinski definition) is 4. The zero-order chi connectivity index (χ0) is 13.8. The van der Waals surface area contributed by atoms with Crippen LogP contribution in [-0.2, 0) is 0 Å². The van der Waals surface area contributed by atoms with Gasteiger partial charge >= 0.3 is 0 Å². The Kier molecular flexibility index (Phi) is 3.56. The quantitative estimate of drug-likeness (QED) is 0.788. The zero-order valence-corrected chi connectivity index (χ0v) is 10.9. The van der Waals surface area contributed by atoms with E-state index in [9.17, 15) is 0 Å². The van der Waals surface area contributed by atoms with Crippen LogP contribution in [0.2, 0.25) is 0 Å². The topological polar surface area (TPSA) is 55.2 Å². The summed E-state index contributed by atoms with van der Waals surface area (Å²) < 4.78 is 5.58. The summed E-state index contributed by atoms with van der Waals surface area (Å²) in [5.41, 5.74) is 2.64. The molecule has 0 atom stereocenters. The van der Waals surface area contributed by atoms with Crippen molar-refractivity contribution >= 4 is 10.9 Å². The first-order valence-electron chi connectivity index (χ1n) is 6.43. The van der Waals surface area contributed by atoms with Crippen LogP contribution in [0, 0.1) is 0 Å². The average molecular weight is 266 g/mol. The highest BCUT2D eigenvalue weighted by atomic mass is 16.5. The summed E-state index contributed by atoms with van der Waals surface area (Å²) in [6, 6.07) is 15.5. The number of para-hydroxylation sites is 2. The van der Waals surface area contributed by atoms with Crippen LogP contribution in [0.25, 0.3) is 22.2 Å². The van der Waals surface area contributed by atoms with Gasteiger partial charge in [-0.2, -0.15) is 0 Å². The molecule has 0 bridgehead atoms. The monoisotopic (exact) mass is 266 g/mol. The van der Waals surface area contributed by atoms with E-state index in [4.69, 9.17) is 9.84 Å². The van der Waals surface area contributed by atoms with Gasteiger partial charge in [-0.15, -0.1) is 0 Å². The number of aliphatic hydroxyl groups is 1. The van der Waals surface area contributed by atoms with Gasteiger partial charge in [-0.1, -0.05) is 30.3 Å². The Morgan fingerprint density at radius 1 is 0.950 bits per heavy atom. The first-order valence-corrected chi connectivity index (χ1v) is 6.43. The van der Waals surface area contributed by atoms with Gasteiger partial charge in [0.25, 0.3) is 0 Å². The molecule has 4 nitrogen and oxygen atoms in total. The van der Waals surface area contributed by atoms with E-state index in [-0.39, 0.29) is 13.2 Å². The molecular formula is C16H14N2O2. The Hall–Kier alpha value is -2.46. The van der Waals surface area contributed by atoms with E-state index in [0.717, 1.165) is 22.2 Å². The van der Waals surface area contributed by atoms with Crippen LogP contribution < -0.4 is 4.74 Å². The van der Waals surface area contributed by atoms with Crippen molar-refractivity contribution < 1.29 is 9.84 Å². The molecule has 3 rings (SSSR count). The maximum atomic E-state index is 8.91. The predicted octanol–water partition coefficient (Wildman–Crippen LogP) is 2.67. The first kappa shape index (κ1) is 12.6. The number of rotatable bonds is 4. The minimum absolute atomic E-state index is 0.0150. The number of benzene rings is 2. The molecule has 0 radical (unpaired) electrons. The zero-order valence-electron chi connectivity index (χ0n) is 10.9. The summed E-state index contributed by atoms with van der Waals surface area (Å²) in [7, 11) is 0. The summed E-state index contributed by atoms with van der Waals surface area (Å²) in [6.07, 6.45) is 1.56. The third kappa shape index (κ3) is 2.33. The van der Waals surface area contributed by atoms with Crippen molar-refractivity contribution in [3.05, 3.63) is 54.9 Å². The van der Waals surface area contributed by atoms with Crippen LogP contribution in [0.3, 0.4) is 0 Å². The van der Waals surface area contributed by atoms with Crippen molar-refractivity contribution in [2.75, 3.05) is 13.2 Å².